The minimum Gasteiger partial charge on any atom is -0.493 e. The standard InChI is InChI=1S/C15H15ClFNO.ClH/c1-2-19-15-6-3-10(9-18)7-13(15)12-8-11(17)4-5-14(12)16;/h3-8H,2,9,18H2,1H3;1H. The van der Waals surface area contributed by atoms with Crippen LogP contribution in [0.3, 0.4) is 0 Å². The smallest absolute Gasteiger partial charge is 0.127 e. The Hall–Kier alpha value is -1.29. The zero-order valence-corrected chi connectivity index (χ0v) is 12.6. The molecule has 0 radical (unpaired) electrons. The van der Waals surface area contributed by atoms with Crippen molar-refractivity contribution >= 4 is 24.0 Å². The van der Waals surface area contributed by atoms with Gasteiger partial charge in [0.2, 0.25) is 0 Å². The van der Waals surface area contributed by atoms with Crippen LogP contribution in [-0.4, -0.2) is 6.61 Å². The van der Waals surface area contributed by atoms with E-state index in [0.29, 0.717) is 29.5 Å². The van der Waals surface area contributed by atoms with Gasteiger partial charge in [-0.25, -0.2) is 4.39 Å². The number of rotatable bonds is 4. The maximum absolute atomic E-state index is 13.4. The van der Waals surface area contributed by atoms with Gasteiger partial charge >= 0.3 is 0 Å². The summed E-state index contributed by atoms with van der Waals surface area (Å²) in [5.41, 5.74) is 7.95. The highest BCUT2D eigenvalue weighted by molar-refractivity contribution is 6.33. The van der Waals surface area contributed by atoms with E-state index < -0.39 is 0 Å². The molecule has 0 atom stereocenters. The van der Waals surface area contributed by atoms with Crippen LogP contribution in [0.15, 0.2) is 36.4 Å². The van der Waals surface area contributed by atoms with E-state index in [1.807, 2.05) is 25.1 Å². The minimum atomic E-state index is -0.333. The largest absolute Gasteiger partial charge is 0.493 e. The number of halogens is 3. The van der Waals surface area contributed by atoms with Gasteiger partial charge in [0.15, 0.2) is 0 Å². The second kappa shape index (κ2) is 7.48. The van der Waals surface area contributed by atoms with E-state index >= 15 is 0 Å². The lowest BCUT2D eigenvalue weighted by atomic mass is 10.0. The summed E-state index contributed by atoms with van der Waals surface area (Å²) in [4.78, 5) is 0. The van der Waals surface area contributed by atoms with Gasteiger partial charge in [-0.15, -0.1) is 12.4 Å². The fraction of sp³-hybridized carbons (Fsp3) is 0.200. The highest BCUT2D eigenvalue weighted by Crippen LogP contribution is 2.36. The number of nitrogens with two attached hydrogens (primary N) is 1. The molecule has 0 fully saturated rings. The molecule has 2 aromatic carbocycles. The summed E-state index contributed by atoms with van der Waals surface area (Å²) in [6.07, 6.45) is 0. The van der Waals surface area contributed by atoms with Crippen LogP contribution in [0.1, 0.15) is 12.5 Å². The molecule has 0 unspecified atom stereocenters. The summed E-state index contributed by atoms with van der Waals surface area (Å²) in [6.45, 7) is 2.84. The summed E-state index contributed by atoms with van der Waals surface area (Å²) in [7, 11) is 0. The number of hydrogen-bond acceptors (Lipinski definition) is 2. The van der Waals surface area contributed by atoms with Crippen molar-refractivity contribution in [2.45, 2.75) is 13.5 Å². The summed E-state index contributed by atoms with van der Waals surface area (Å²) in [5.74, 6) is 0.340. The van der Waals surface area contributed by atoms with Gasteiger partial charge in [-0.3, -0.25) is 0 Å². The van der Waals surface area contributed by atoms with Gasteiger partial charge < -0.3 is 10.5 Å². The van der Waals surface area contributed by atoms with E-state index in [1.54, 1.807) is 0 Å². The summed E-state index contributed by atoms with van der Waals surface area (Å²) >= 11 is 6.14. The van der Waals surface area contributed by atoms with E-state index in [2.05, 4.69) is 0 Å². The maximum Gasteiger partial charge on any atom is 0.127 e. The third kappa shape index (κ3) is 3.63. The van der Waals surface area contributed by atoms with Gasteiger partial charge in [0.1, 0.15) is 11.6 Å². The van der Waals surface area contributed by atoms with Crippen LogP contribution in [0.4, 0.5) is 4.39 Å². The van der Waals surface area contributed by atoms with Crippen molar-refractivity contribution in [2.24, 2.45) is 5.73 Å². The molecule has 20 heavy (non-hydrogen) atoms. The van der Waals surface area contributed by atoms with Crippen LogP contribution < -0.4 is 10.5 Å². The van der Waals surface area contributed by atoms with Crippen LogP contribution in [0.5, 0.6) is 5.75 Å². The second-order valence-electron chi connectivity index (χ2n) is 4.09. The van der Waals surface area contributed by atoms with Crippen molar-refractivity contribution < 1.29 is 9.13 Å². The molecule has 108 valence electrons. The Morgan fingerprint density at radius 1 is 1.15 bits per heavy atom. The normalized spacial score (nSPS) is 10.0. The third-order valence-electron chi connectivity index (χ3n) is 2.80. The average molecular weight is 316 g/mol. The molecule has 5 heteroatoms. The highest BCUT2D eigenvalue weighted by atomic mass is 35.5. The lowest BCUT2D eigenvalue weighted by molar-refractivity contribution is 0.341. The SMILES string of the molecule is CCOc1ccc(CN)cc1-c1cc(F)ccc1Cl.Cl. The Balaban J connectivity index is 0.00000200. The van der Waals surface area contributed by atoms with Crippen LogP contribution >= 0.6 is 24.0 Å². The maximum atomic E-state index is 13.4. The van der Waals surface area contributed by atoms with Crippen molar-refractivity contribution in [3.8, 4) is 16.9 Å². The van der Waals surface area contributed by atoms with Gasteiger partial charge in [-0.2, -0.15) is 0 Å². The van der Waals surface area contributed by atoms with Crippen LogP contribution in [0, 0.1) is 5.82 Å². The molecule has 0 saturated carbocycles. The van der Waals surface area contributed by atoms with Crippen LogP contribution in [0.25, 0.3) is 11.1 Å². The molecule has 0 bridgehead atoms. The van der Waals surface area contributed by atoms with E-state index in [1.165, 1.54) is 18.2 Å². The Bertz CT molecular complexity index is 590. The van der Waals surface area contributed by atoms with E-state index in [-0.39, 0.29) is 18.2 Å². The first kappa shape index (κ1) is 16.8. The fourth-order valence-electron chi connectivity index (χ4n) is 1.90. The second-order valence-corrected chi connectivity index (χ2v) is 4.50. The molecule has 2 aromatic rings. The highest BCUT2D eigenvalue weighted by Gasteiger charge is 2.11. The lowest BCUT2D eigenvalue weighted by Crippen LogP contribution is -1.99. The molecule has 2 rings (SSSR count). The molecule has 0 amide bonds. The molecule has 0 aliphatic rings. The molecular formula is C15H16Cl2FNO. The van der Waals surface area contributed by atoms with Gasteiger partial charge in [0, 0.05) is 22.7 Å². The first-order valence-corrected chi connectivity index (χ1v) is 6.44. The Morgan fingerprint density at radius 3 is 2.55 bits per heavy atom. The summed E-state index contributed by atoms with van der Waals surface area (Å²) in [6, 6.07) is 9.88. The van der Waals surface area contributed by atoms with Crippen molar-refractivity contribution in [1.29, 1.82) is 0 Å². The van der Waals surface area contributed by atoms with E-state index in [4.69, 9.17) is 22.1 Å². The van der Waals surface area contributed by atoms with Crippen LogP contribution in [0.2, 0.25) is 5.02 Å². The van der Waals surface area contributed by atoms with Gasteiger partial charge in [-0.1, -0.05) is 17.7 Å². The van der Waals surface area contributed by atoms with Gasteiger partial charge in [0.25, 0.3) is 0 Å². The zero-order chi connectivity index (χ0) is 13.8. The molecule has 0 aliphatic carbocycles. The zero-order valence-electron chi connectivity index (χ0n) is 11.0. The van der Waals surface area contributed by atoms with E-state index in [0.717, 1.165) is 11.1 Å². The van der Waals surface area contributed by atoms with Crippen molar-refractivity contribution in [2.75, 3.05) is 6.61 Å². The monoisotopic (exact) mass is 315 g/mol. The Morgan fingerprint density at radius 2 is 1.90 bits per heavy atom. The summed E-state index contributed by atoms with van der Waals surface area (Å²) < 4.78 is 19.0. The average Bonchev–Trinajstić information content (AvgIpc) is 2.42. The first-order chi connectivity index (χ1) is 9.15. The molecule has 0 saturated heterocycles. The molecule has 2 N–H and O–H groups in total. The molecule has 0 aliphatic heterocycles. The minimum absolute atomic E-state index is 0. The number of benzene rings is 2. The number of hydrogen-bond donors (Lipinski definition) is 1. The predicted molar refractivity (Wildman–Crippen MR) is 83.2 cm³/mol. The van der Waals surface area contributed by atoms with E-state index in [9.17, 15) is 4.39 Å². The molecular weight excluding hydrogens is 300 g/mol. The number of ether oxygens (including phenoxy) is 1. The molecule has 0 spiro atoms. The fourth-order valence-corrected chi connectivity index (χ4v) is 2.12. The molecule has 0 aromatic heterocycles. The Labute approximate surface area is 129 Å². The third-order valence-corrected chi connectivity index (χ3v) is 3.13. The lowest BCUT2D eigenvalue weighted by Gasteiger charge is -2.13. The van der Waals surface area contributed by atoms with Crippen molar-refractivity contribution in [1.82, 2.24) is 0 Å². The Kier molecular flexibility index (Phi) is 6.27. The van der Waals surface area contributed by atoms with Crippen LogP contribution in [-0.2, 0) is 6.54 Å². The first-order valence-electron chi connectivity index (χ1n) is 6.07. The van der Waals surface area contributed by atoms with Crippen molar-refractivity contribution in [3.63, 3.8) is 0 Å². The van der Waals surface area contributed by atoms with Gasteiger partial charge in [0.05, 0.1) is 6.61 Å². The van der Waals surface area contributed by atoms with Crippen molar-refractivity contribution in [3.05, 3.63) is 52.8 Å². The molecule has 0 heterocycles. The topological polar surface area (TPSA) is 35.2 Å². The quantitative estimate of drug-likeness (QED) is 0.906. The molecule has 2 nitrogen and oxygen atoms in total. The predicted octanol–water partition coefficient (Wildman–Crippen LogP) is 4.43. The van der Waals surface area contributed by atoms with Gasteiger partial charge in [-0.05, 0) is 42.8 Å². The summed E-state index contributed by atoms with van der Waals surface area (Å²) in [5, 5.41) is 0.483.